The molecule has 6 heteroatoms. The van der Waals surface area contributed by atoms with E-state index in [9.17, 15) is 4.79 Å². The molecule has 2 aromatic rings. The number of hydrogen-bond donors (Lipinski definition) is 1. The maximum atomic E-state index is 12.8. The third-order valence-corrected chi connectivity index (χ3v) is 5.65. The lowest BCUT2D eigenvalue weighted by Gasteiger charge is -2.23. The molecular formula is C19H26N4OS. The summed E-state index contributed by atoms with van der Waals surface area (Å²) >= 11 is 1.68. The second-order valence-electron chi connectivity index (χ2n) is 6.49. The summed E-state index contributed by atoms with van der Waals surface area (Å²) in [5.41, 5.74) is 4.32. The minimum atomic E-state index is 0.00108. The molecule has 0 bridgehead atoms. The van der Waals surface area contributed by atoms with E-state index < -0.39 is 0 Å². The van der Waals surface area contributed by atoms with Gasteiger partial charge in [0.05, 0.1) is 5.69 Å². The van der Waals surface area contributed by atoms with Crippen molar-refractivity contribution >= 4 is 28.2 Å². The minimum Gasteiger partial charge on any atom is -0.346 e. The molecule has 5 nitrogen and oxygen atoms in total. The number of thiazole rings is 1. The van der Waals surface area contributed by atoms with Crippen LogP contribution in [0.15, 0.2) is 23.6 Å². The van der Waals surface area contributed by atoms with E-state index in [1.165, 1.54) is 5.56 Å². The number of nitrogens with one attached hydrogen (secondary N) is 1. The van der Waals surface area contributed by atoms with Crippen LogP contribution in [-0.4, -0.2) is 42.1 Å². The van der Waals surface area contributed by atoms with Crippen LogP contribution in [0.4, 0.5) is 15.6 Å². The van der Waals surface area contributed by atoms with Gasteiger partial charge in [0.25, 0.3) is 0 Å². The second-order valence-corrected chi connectivity index (χ2v) is 7.33. The first-order chi connectivity index (χ1) is 12.1. The number of rotatable bonds is 3. The molecule has 1 saturated heterocycles. The van der Waals surface area contributed by atoms with E-state index in [1.807, 2.05) is 30.9 Å². The summed E-state index contributed by atoms with van der Waals surface area (Å²) in [6.07, 6.45) is 1.87. The number of carbonyl (C=O) groups is 1. The first-order valence-corrected chi connectivity index (χ1v) is 9.78. The molecule has 0 atom stereocenters. The number of benzene rings is 1. The van der Waals surface area contributed by atoms with Crippen molar-refractivity contribution in [1.82, 2.24) is 9.88 Å². The van der Waals surface area contributed by atoms with Crippen molar-refractivity contribution in [2.45, 2.75) is 33.6 Å². The minimum absolute atomic E-state index is 0.00108. The molecule has 0 saturated carbocycles. The highest BCUT2D eigenvalue weighted by Crippen LogP contribution is 2.23. The Morgan fingerprint density at radius 2 is 2.08 bits per heavy atom. The fourth-order valence-corrected chi connectivity index (χ4v) is 4.04. The van der Waals surface area contributed by atoms with Gasteiger partial charge in [0.2, 0.25) is 0 Å². The summed E-state index contributed by atoms with van der Waals surface area (Å²) < 4.78 is 0. The van der Waals surface area contributed by atoms with Crippen LogP contribution in [0, 0.1) is 13.8 Å². The molecule has 0 radical (unpaired) electrons. The Labute approximate surface area is 153 Å². The summed E-state index contributed by atoms with van der Waals surface area (Å²) in [4.78, 5) is 21.6. The Balaban J connectivity index is 1.66. The molecule has 0 spiro atoms. The second kappa shape index (κ2) is 7.87. The number of carbonyl (C=O) groups excluding carboxylic acids is 1. The Hall–Kier alpha value is -2.08. The number of nitrogens with zero attached hydrogens (tertiary/aromatic N) is 3. The summed E-state index contributed by atoms with van der Waals surface area (Å²) in [5, 5.41) is 6.28. The van der Waals surface area contributed by atoms with Gasteiger partial charge in [-0.2, -0.15) is 0 Å². The van der Waals surface area contributed by atoms with Gasteiger partial charge in [0, 0.05) is 37.2 Å². The first kappa shape index (κ1) is 17.7. The first-order valence-electron chi connectivity index (χ1n) is 8.90. The molecule has 0 unspecified atom stereocenters. The summed E-state index contributed by atoms with van der Waals surface area (Å²) in [5.74, 6) is 0. The predicted octanol–water partition coefficient (Wildman–Crippen LogP) is 4.07. The van der Waals surface area contributed by atoms with E-state index in [2.05, 4.69) is 33.6 Å². The Morgan fingerprint density at radius 1 is 1.24 bits per heavy atom. The van der Waals surface area contributed by atoms with Crippen molar-refractivity contribution in [3.63, 3.8) is 0 Å². The van der Waals surface area contributed by atoms with Crippen molar-refractivity contribution in [3.05, 3.63) is 40.4 Å². The van der Waals surface area contributed by atoms with Gasteiger partial charge < -0.3 is 15.1 Å². The zero-order valence-corrected chi connectivity index (χ0v) is 16.0. The number of amides is 2. The number of para-hydroxylation sites is 1. The zero-order valence-electron chi connectivity index (χ0n) is 15.2. The molecule has 1 aromatic carbocycles. The molecule has 1 aromatic heterocycles. The van der Waals surface area contributed by atoms with Gasteiger partial charge in [-0.25, -0.2) is 9.78 Å². The van der Waals surface area contributed by atoms with Crippen LogP contribution in [0.1, 0.15) is 30.2 Å². The van der Waals surface area contributed by atoms with Gasteiger partial charge in [-0.05, 0) is 37.8 Å². The standard InChI is InChI=1S/C19H26N4OS/c1-4-16-8-5-7-14(2)17(16)21-18(24)22-9-6-10-23(12-11-22)19-20-15(3)13-25-19/h5,7-8,13H,4,6,9-12H2,1-3H3,(H,21,24). The lowest BCUT2D eigenvalue weighted by molar-refractivity contribution is 0.215. The maximum absolute atomic E-state index is 12.8. The number of anilines is 2. The molecule has 25 heavy (non-hydrogen) atoms. The molecular weight excluding hydrogens is 332 g/mol. The third-order valence-electron chi connectivity index (χ3n) is 4.63. The third kappa shape index (κ3) is 4.12. The molecule has 134 valence electrons. The molecule has 1 N–H and O–H groups in total. The molecule has 1 aliphatic heterocycles. The highest BCUT2D eigenvalue weighted by molar-refractivity contribution is 7.13. The Kier molecular flexibility index (Phi) is 5.58. The van der Waals surface area contributed by atoms with Crippen molar-refractivity contribution in [3.8, 4) is 0 Å². The van der Waals surface area contributed by atoms with Gasteiger partial charge in [0.1, 0.15) is 0 Å². The van der Waals surface area contributed by atoms with Crippen molar-refractivity contribution < 1.29 is 4.79 Å². The summed E-state index contributed by atoms with van der Waals surface area (Å²) in [6.45, 7) is 9.45. The van der Waals surface area contributed by atoms with E-state index in [0.717, 1.165) is 61.1 Å². The smallest absolute Gasteiger partial charge is 0.321 e. The molecule has 1 aliphatic rings. The van der Waals surface area contributed by atoms with E-state index in [4.69, 9.17) is 0 Å². The number of urea groups is 1. The highest BCUT2D eigenvalue weighted by atomic mass is 32.1. The maximum Gasteiger partial charge on any atom is 0.321 e. The van der Waals surface area contributed by atoms with Gasteiger partial charge in [-0.15, -0.1) is 11.3 Å². The lowest BCUT2D eigenvalue weighted by atomic mass is 10.1. The monoisotopic (exact) mass is 358 g/mol. The average molecular weight is 359 g/mol. The number of aromatic nitrogens is 1. The van der Waals surface area contributed by atoms with E-state index in [0.29, 0.717) is 0 Å². The van der Waals surface area contributed by atoms with E-state index in [1.54, 1.807) is 11.3 Å². The number of hydrogen-bond acceptors (Lipinski definition) is 4. The normalized spacial score (nSPS) is 15.2. The quantitative estimate of drug-likeness (QED) is 0.900. The van der Waals surface area contributed by atoms with Crippen LogP contribution in [0.2, 0.25) is 0 Å². The van der Waals surface area contributed by atoms with Crippen LogP contribution in [-0.2, 0) is 6.42 Å². The van der Waals surface area contributed by atoms with Crippen molar-refractivity contribution in [2.24, 2.45) is 0 Å². The van der Waals surface area contributed by atoms with Gasteiger partial charge in [-0.3, -0.25) is 0 Å². The highest BCUT2D eigenvalue weighted by Gasteiger charge is 2.21. The molecule has 2 heterocycles. The fraction of sp³-hybridized carbons (Fsp3) is 0.474. The van der Waals surface area contributed by atoms with E-state index >= 15 is 0 Å². The average Bonchev–Trinajstić information content (AvgIpc) is 2.89. The molecule has 2 amide bonds. The van der Waals surface area contributed by atoms with Gasteiger partial charge >= 0.3 is 6.03 Å². The van der Waals surface area contributed by atoms with Gasteiger partial charge in [0.15, 0.2) is 5.13 Å². The van der Waals surface area contributed by atoms with Crippen molar-refractivity contribution in [1.29, 1.82) is 0 Å². The van der Waals surface area contributed by atoms with Gasteiger partial charge in [-0.1, -0.05) is 25.1 Å². The molecule has 3 rings (SSSR count). The summed E-state index contributed by atoms with van der Waals surface area (Å²) in [6, 6.07) is 6.17. The summed E-state index contributed by atoms with van der Waals surface area (Å²) in [7, 11) is 0. The largest absolute Gasteiger partial charge is 0.346 e. The van der Waals surface area contributed by atoms with Crippen molar-refractivity contribution in [2.75, 3.05) is 36.4 Å². The molecule has 1 fully saturated rings. The number of aryl methyl sites for hydroxylation is 3. The van der Waals surface area contributed by atoms with Crippen LogP contribution in [0.3, 0.4) is 0 Å². The zero-order chi connectivity index (χ0) is 17.8. The lowest BCUT2D eigenvalue weighted by Crippen LogP contribution is -2.38. The van der Waals surface area contributed by atoms with Crippen LogP contribution in [0.25, 0.3) is 0 Å². The SMILES string of the molecule is CCc1cccc(C)c1NC(=O)N1CCCN(c2nc(C)cs2)CC1. The predicted molar refractivity (Wildman–Crippen MR) is 105 cm³/mol. The fourth-order valence-electron chi connectivity index (χ4n) is 3.19. The van der Waals surface area contributed by atoms with Crippen LogP contribution < -0.4 is 10.2 Å². The van der Waals surface area contributed by atoms with Crippen LogP contribution >= 0.6 is 11.3 Å². The van der Waals surface area contributed by atoms with Crippen LogP contribution in [0.5, 0.6) is 0 Å². The molecule has 0 aliphatic carbocycles. The Bertz CT molecular complexity index is 743. The Morgan fingerprint density at radius 3 is 2.80 bits per heavy atom. The topological polar surface area (TPSA) is 48.5 Å². The van der Waals surface area contributed by atoms with E-state index in [-0.39, 0.29) is 6.03 Å².